The van der Waals surface area contributed by atoms with E-state index in [1.165, 1.54) is 24.3 Å². The average Bonchev–Trinajstić information content (AvgIpc) is 3.31. The third-order valence-corrected chi connectivity index (χ3v) is 4.92. The van der Waals surface area contributed by atoms with Gasteiger partial charge < -0.3 is 14.3 Å². The summed E-state index contributed by atoms with van der Waals surface area (Å²) in [4.78, 5) is 21.5. The maximum absolute atomic E-state index is 13.0. The molecule has 0 bridgehead atoms. The van der Waals surface area contributed by atoms with Crippen molar-refractivity contribution in [1.82, 2.24) is 4.98 Å². The average molecular weight is 420 g/mol. The Kier molecular flexibility index (Phi) is 6.89. The molecule has 1 aromatic heterocycles. The maximum Gasteiger partial charge on any atom is 0.324 e. The lowest BCUT2D eigenvalue weighted by Gasteiger charge is -2.05. The molecule has 158 valence electrons. The lowest BCUT2D eigenvalue weighted by molar-refractivity contribution is -0.139. The zero-order valence-electron chi connectivity index (χ0n) is 17.2. The van der Waals surface area contributed by atoms with Gasteiger partial charge in [0, 0.05) is 18.2 Å². The molecule has 2 atom stereocenters. The van der Waals surface area contributed by atoms with Gasteiger partial charge >= 0.3 is 5.97 Å². The van der Waals surface area contributed by atoms with Crippen LogP contribution in [0.5, 0.6) is 11.6 Å². The summed E-state index contributed by atoms with van der Waals surface area (Å²) >= 11 is 0. The Balaban J connectivity index is 1.51. The molecule has 0 aliphatic heterocycles. The van der Waals surface area contributed by atoms with E-state index in [2.05, 4.69) is 28.1 Å². The molecule has 1 saturated carbocycles. The first-order valence-electron chi connectivity index (χ1n) is 9.58. The number of rotatable bonds is 7. The number of hydrogen-bond donors (Lipinski definition) is 0. The summed E-state index contributed by atoms with van der Waals surface area (Å²) in [6.07, 6.45) is 9.37. The number of nitrogens with zero attached hydrogens (tertiary/aromatic N) is 2. The van der Waals surface area contributed by atoms with Crippen molar-refractivity contribution in [2.75, 3.05) is 6.61 Å². The second-order valence-corrected chi connectivity index (χ2v) is 7.46. The van der Waals surface area contributed by atoms with Crippen LogP contribution in [-0.4, -0.2) is 23.8 Å². The van der Waals surface area contributed by atoms with Crippen molar-refractivity contribution in [3.8, 4) is 36.0 Å². The molecule has 0 spiro atoms. The topological polar surface area (TPSA) is 70.0 Å². The van der Waals surface area contributed by atoms with Gasteiger partial charge in [0.15, 0.2) is 6.61 Å². The summed E-state index contributed by atoms with van der Waals surface area (Å²) in [6, 6.07) is 10.9. The first kappa shape index (κ1) is 21.9. The van der Waals surface area contributed by atoms with Crippen molar-refractivity contribution in [2.45, 2.75) is 20.3 Å². The summed E-state index contributed by atoms with van der Waals surface area (Å²) in [5.41, 5.74) is 0.362. The van der Waals surface area contributed by atoms with Gasteiger partial charge in [-0.1, -0.05) is 36.9 Å². The molecule has 7 heteroatoms. The van der Waals surface area contributed by atoms with Gasteiger partial charge in [0.1, 0.15) is 17.7 Å². The first-order chi connectivity index (χ1) is 14.9. The molecule has 2 aromatic rings. The van der Waals surface area contributed by atoms with Crippen LogP contribution < -0.4 is 4.74 Å². The highest BCUT2D eigenvalue weighted by atomic mass is 19.1. The van der Waals surface area contributed by atoms with Gasteiger partial charge in [-0.2, -0.15) is 0 Å². The van der Waals surface area contributed by atoms with E-state index in [1.807, 2.05) is 13.8 Å². The zero-order chi connectivity index (χ0) is 22.3. The van der Waals surface area contributed by atoms with E-state index in [0.717, 1.165) is 0 Å². The maximum atomic E-state index is 13.0. The third kappa shape index (κ3) is 5.83. The summed E-state index contributed by atoms with van der Waals surface area (Å²) in [7, 11) is 0. The highest BCUT2D eigenvalue weighted by Gasteiger charge is 2.62. The van der Waals surface area contributed by atoms with E-state index in [9.17, 15) is 9.18 Å². The molecule has 0 amide bonds. The molecule has 0 radical (unpaired) electrons. The van der Waals surface area contributed by atoms with Gasteiger partial charge in [-0.05, 0) is 35.7 Å². The minimum Gasteiger partial charge on any atom is -0.439 e. The van der Waals surface area contributed by atoms with Crippen molar-refractivity contribution in [1.29, 1.82) is 0 Å². The van der Waals surface area contributed by atoms with Crippen LogP contribution in [0.25, 0.3) is 0 Å². The largest absolute Gasteiger partial charge is 0.439 e. The SMILES string of the molecule is C#CCO/N=C/C1C(C(=O)OC#CCc2cccc(Oc3ccc(F)cc3)n2)C1(C)C. The molecule has 31 heavy (non-hydrogen) atoms. The van der Waals surface area contributed by atoms with Crippen molar-refractivity contribution in [3.05, 3.63) is 54.0 Å². The number of carbonyl (C=O) groups excluding carboxylic acids is 1. The van der Waals surface area contributed by atoms with Crippen LogP contribution >= 0.6 is 0 Å². The predicted octanol–water partition coefficient (Wildman–Crippen LogP) is 3.97. The molecule has 6 nitrogen and oxygen atoms in total. The Labute approximate surface area is 180 Å². The number of esters is 1. The smallest absolute Gasteiger partial charge is 0.324 e. The fourth-order valence-electron chi connectivity index (χ4n) is 3.10. The molecule has 0 saturated heterocycles. The molecule has 1 aliphatic carbocycles. The Morgan fingerprint density at radius 1 is 1.29 bits per heavy atom. The van der Waals surface area contributed by atoms with Gasteiger partial charge in [-0.3, -0.25) is 4.79 Å². The molecule has 3 rings (SSSR count). The number of oxime groups is 1. The number of terminal acetylenes is 1. The number of benzene rings is 1. The normalized spacial score (nSPS) is 18.4. The van der Waals surface area contributed by atoms with E-state index < -0.39 is 5.97 Å². The van der Waals surface area contributed by atoms with E-state index >= 15 is 0 Å². The number of carbonyl (C=O) groups is 1. The van der Waals surface area contributed by atoms with Gasteiger partial charge in [0.25, 0.3) is 0 Å². The second kappa shape index (κ2) is 9.77. The monoisotopic (exact) mass is 420 g/mol. The molecule has 1 aliphatic rings. The second-order valence-electron chi connectivity index (χ2n) is 7.46. The Morgan fingerprint density at radius 2 is 2.06 bits per heavy atom. The fourth-order valence-corrected chi connectivity index (χ4v) is 3.10. The Morgan fingerprint density at radius 3 is 2.81 bits per heavy atom. The Bertz CT molecular complexity index is 1060. The minimum absolute atomic E-state index is 0.0778. The number of halogens is 1. The van der Waals surface area contributed by atoms with Gasteiger partial charge in [0.2, 0.25) is 5.88 Å². The van der Waals surface area contributed by atoms with Gasteiger partial charge in [-0.25, -0.2) is 9.37 Å². The van der Waals surface area contributed by atoms with Crippen LogP contribution in [-0.2, 0) is 20.8 Å². The highest BCUT2D eigenvalue weighted by molar-refractivity contribution is 5.86. The number of aromatic nitrogens is 1. The molecule has 2 unspecified atom stereocenters. The van der Waals surface area contributed by atoms with E-state index in [4.69, 9.17) is 20.7 Å². The number of hydrogen-bond acceptors (Lipinski definition) is 6. The highest BCUT2D eigenvalue weighted by Crippen LogP contribution is 2.57. The van der Waals surface area contributed by atoms with Crippen LogP contribution in [0.3, 0.4) is 0 Å². The first-order valence-corrected chi connectivity index (χ1v) is 9.58. The van der Waals surface area contributed by atoms with Crippen molar-refractivity contribution in [2.24, 2.45) is 22.4 Å². The van der Waals surface area contributed by atoms with Gasteiger partial charge in [-0.15, -0.1) is 6.42 Å². The Hall–Kier alpha value is -3.84. The van der Waals surface area contributed by atoms with E-state index in [0.29, 0.717) is 17.3 Å². The van der Waals surface area contributed by atoms with Crippen molar-refractivity contribution < 1.29 is 23.5 Å². The van der Waals surface area contributed by atoms with Crippen molar-refractivity contribution in [3.63, 3.8) is 0 Å². The summed E-state index contributed by atoms with van der Waals surface area (Å²) in [6.45, 7) is 3.97. The third-order valence-electron chi connectivity index (χ3n) is 4.92. The lowest BCUT2D eigenvalue weighted by Crippen LogP contribution is -2.07. The van der Waals surface area contributed by atoms with Crippen LogP contribution in [0.2, 0.25) is 0 Å². The van der Waals surface area contributed by atoms with Crippen LogP contribution in [0, 0.1) is 47.4 Å². The van der Waals surface area contributed by atoms with E-state index in [-0.39, 0.29) is 36.1 Å². The van der Waals surface area contributed by atoms with Crippen molar-refractivity contribution >= 4 is 12.2 Å². The molecule has 1 aromatic carbocycles. The number of ether oxygens (including phenoxy) is 2. The molecule has 0 N–H and O–H groups in total. The predicted molar refractivity (Wildman–Crippen MR) is 112 cm³/mol. The lowest BCUT2D eigenvalue weighted by atomic mass is 10.1. The van der Waals surface area contributed by atoms with Gasteiger partial charge in [0.05, 0.1) is 18.0 Å². The summed E-state index contributed by atoms with van der Waals surface area (Å²) in [5, 5.41) is 3.78. The molecular weight excluding hydrogens is 399 g/mol. The quantitative estimate of drug-likeness (QED) is 0.223. The van der Waals surface area contributed by atoms with Crippen LogP contribution in [0.1, 0.15) is 19.5 Å². The standard InChI is InChI=1S/C24H21FN2O4/c1-4-14-30-26-16-20-22(24(20,2)3)23(28)29-15-6-8-18-7-5-9-21(27-18)31-19-12-10-17(25)11-13-19/h1,5,7,9-13,16,20,22H,8,14H2,2-3H3/b26-16+. The van der Waals surface area contributed by atoms with Crippen LogP contribution in [0.15, 0.2) is 47.6 Å². The number of pyridine rings is 1. The molecule has 1 heterocycles. The minimum atomic E-state index is -0.410. The summed E-state index contributed by atoms with van der Waals surface area (Å²) in [5.74, 6) is 4.72. The fraction of sp³-hybridized carbons (Fsp3) is 0.292. The summed E-state index contributed by atoms with van der Waals surface area (Å²) < 4.78 is 23.7. The molecular formula is C24H21FN2O4. The van der Waals surface area contributed by atoms with Crippen LogP contribution in [0.4, 0.5) is 4.39 Å². The van der Waals surface area contributed by atoms with E-state index in [1.54, 1.807) is 24.4 Å². The zero-order valence-corrected chi connectivity index (χ0v) is 17.2. The molecule has 1 fully saturated rings.